The van der Waals surface area contributed by atoms with Crippen LogP contribution in [-0.2, 0) is 0 Å². The van der Waals surface area contributed by atoms with Crippen LogP contribution in [0.15, 0.2) is 79.3 Å². The van der Waals surface area contributed by atoms with E-state index in [0.29, 0.717) is 0 Å². The number of fused-ring (bicyclic) bond motifs is 2. The van der Waals surface area contributed by atoms with Crippen molar-refractivity contribution in [2.45, 2.75) is 0 Å². The maximum Gasteiger partial charge on any atom is 0.162 e. The molecule has 5 aromatic rings. The predicted molar refractivity (Wildman–Crippen MR) is 131 cm³/mol. The van der Waals surface area contributed by atoms with Gasteiger partial charge in [-0.2, -0.15) is 5.10 Å². The molecule has 1 saturated heterocycles. The molecule has 0 atom stereocenters. The molecule has 32 heavy (non-hydrogen) atoms. The first kappa shape index (κ1) is 18.8. The van der Waals surface area contributed by atoms with Crippen molar-refractivity contribution < 1.29 is 0 Å². The summed E-state index contributed by atoms with van der Waals surface area (Å²) in [7, 11) is 0. The molecule has 2 aromatic heterocycles. The Morgan fingerprint density at radius 1 is 0.781 bits per heavy atom. The third kappa shape index (κ3) is 3.16. The average molecular weight is 421 g/mol. The van der Waals surface area contributed by atoms with E-state index in [1.807, 2.05) is 41.3 Å². The maximum atomic E-state index is 6.19. The third-order valence-corrected chi connectivity index (χ3v) is 6.29. The number of hydrogen-bond acceptors (Lipinski definition) is 5. The zero-order valence-electron chi connectivity index (χ0n) is 17.7. The summed E-state index contributed by atoms with van der Waals surface area (Å²) in [6.07, 6.45) is 5.86. The van der Waals surface area contributed by atoms with E-state index in [1.54, 1.807) is 0 Å². The largest absolute Gasteiger partial charge is 0.398 e. The Hall–Kier alpha value is -3.90. The van der Waals surface area contributed by atoms with Gasteiger partial charge >= 0.3 is 0 Å². The van der Waals surface area contributed by atoms with Gasteiger partial charge in [-0.15, -0.1) is 0 Å². The molecular weight excluding hydrogens is 396 g/mol. The van der Waals surface area contributed by atoms with Gasteiger partial charge < -0.3 is 16.0 Å². The lowest BCUT2D eigenvalue weighted by molar-refractivity contribution is 0.589. The van der Waals surface area contributed by atoms with Crippen molar-refractivity contribution in [1.82, 2.24) is 19.9 Å². The van der Waals surface area contributed by atoms with Gasteiger partial charge in [0.2, 0.25) is 0 Å². The number of nitrogens with one attached hydrogen (secondary N) is 1. The number of benzene rings is 3. The van der Waals surface area contributed by atoms with Crippen molar-refractivity contribution >= 4 is 27.8 Å². The number of anilines is 2. The molecule has 1 aliphatic rings. The SMILES string of the molecule is Nc1ccc(-c2cnn3cc(-c4ccc(N5CCNCC5)cc4)cnc23)c2ccccc12. The fraction of sp³-hybridized carbons (Fsp3) is 0.154. The molecule has 0 radical (unpaired) electrons. The highest BCUT2D eigenvalue weighted by Gasteiger charge is 2.14. The lowest BCUT2D eigenvalue weighted by Crippen LogP contribution is -2.43. The standard InChI is InChI=1S/C26H24N6/c27-25-10-9-22(21-3-1-2-4-23(21)25)24-16-30-32-17-19(15-29-26(24)32)18-5-7-20(8-6-18)31-13-11-28-12-14-31/h1-10,15-17,28H,11-14,27H2. The predicted octanol–water partition coefficient (Wildman–Crippen LogP) is 4.21. The highest BCUT2D eigenvalue weighted by molar-refractivity contribution is 6.04. The molecule has 0 amide bonds. The fourth-order valence-corrected chi connectivity index (χ4v) is 4.56. The summed E-state index contributed by atoms with van der Waals surface area (Å²) in [6, 6.07) is 20.9. The van der Waals surface area contributed by atoms with Crippen LogP contribution in [0.2, 0.25) is 0 Å². The first-order chi connectivity index (χ1) is 15.8. The highest BCUT2D eigenvalue weighted by Crippen LogP contribution is 2.34. The van der Waals surface area contributed by atoms with Gasteiger partial charge in [0.05, 0.1) is 6.20 Å². The van der Waals surface area contributed by atoms with E-state index in [4.69, 9.17) is 10.7 Å². The average Bonchev–Trinajstić information content (AvgIpc) is 3.28. The molecule has 0 aliphatic carbocycles. The molecule has 0 bridgehead atoms. The lowest BCUT2D eigenvalue weighted by Gasteiger charge is -2.29. The van der Waals surface area contributed by atoms with Gasteiger partial charge in [0, 0.05) is 66.5 Å². The third-order valence-electron chi connectivity index (χ3n) is 6.29. The molecule has 6 rings (SSSR count). The molecule has 1 aliphatic heterocycles. The monoisotopic (exact) mass is 420 g/mol. The molecule has 0 unspecified atom stereocenters. The van der Waals surface area contributed by atoms with Crippen LogP contribution in [0, 0.1) is 0 Å². The van der Waals surface area contributed by atoms with E-state index in [9.17, 15) is 0 Å². The van der Waals surface area contributed by atoms with Gasteiger partial charge in [-0.3, -0.25) is 0 Å². The summed E-state index contributed by atoms with van der Waals surface area (Å²) in [5.41, 5.74) is 13.3. The lowest BCUT2D eigenvalue weighted by atomic mass is 9.99. The molecule has 3 aromatic carbocycles. The minimum Gasteiger partial charge on any atom is -0.398 e. The van der Waals surface area contributed by atoms with Gasteiger partial charge in [-0.25, -0.2) is 9.50 Å². The first-order valence-electron chi connectivity index (χ1n) is 10.9. The molecule has 3 heterocycles. The van der Waals surface area contributed by atoms with Crippen molar-refractivity contribution in [3.05, 3.63) is 79.3 Å². The molecule has 6 nitrogen and oxygen atoms in total. The second kappa shape index (κ2) is 7.66. The van der Waals surface area contributed by atoms with E-state index < -0.39 is 0 Å². The minimum atomic E-state index is 0.778. The normalized spacial score (nSPS) is 14.3. The van der Waals surface area contributed by atoms with Crippen molar-refractivity contribution in [2.24, 2.45) is 0 Å². The van der Waals surface area contributed by atoms with Crippen LogP contribution in [0.3, 0.4) is 0 Å². The molecule has 3 N–H and O–H groups in total. The Balaban J connectivity index is 1.36. The maximum absolute atomic E-state index is 6.19. The van der Waals surface area contributed by atoms with E-state index in [-0.39, 0.29) is 0 Å². The number of piperazine rings is 1. The second-order valence-corrected chi connectivity index (χ2v) is 8.20. The van der Waals surface area contributed by atoms with Crippen molar-refractivity contribution in [3.8, 4) is 22.3 Å². The van der Waals surface area contributed by atoms with Crippen LogP contribution < -0.4 is 16.0 Å². The van der Waals surface area contributed by atoms with Crippen LogP contribution in [0.4, 0.5) is 11.4 Å². The Morgan fingerprint density at radius 3 is 2.38 bits per heavy atom. The molecule has 1 fully saturated rings. The Bertz CT molecular complexity index is 1410. The van der Waals surface area contributed by atoms with Crippen LogP contribution in [0.1, 0.15) is 0 Å². The van der Waals surface area contributed by atoms with Gasteiger partial charge in [0.1, 0.15) is 0 Å². The van der Waals surface area contributed by atoms with Crippen LogP contribution in [0.5, 0.6) is 0 Å². The molecule has 0 spiro atoms. The van der Waals surface area contributed by atoms with E-state index in [1.165, 1.54) is 5.69 Å². The van der Waals surface area contributed by atoms with Crippen molar-refractivity contribution in [3.63, 3.8) is 0 Å². The summed E-state index contributed by atoms with van der Waals surface area (Å²) in [5, 5.41) is 10.2. The number of rotatable bonds is 3. The fourth-order valence-electron chi connectivity index (χ4n) is 4.56. The summed E-state index contributed by atoms with van der Waals surface area (Å²) in [6.45, 7) is 4.16. The van der Waals surface area contributed by atoms with Crippen molar-refractivity contribution in [2.75, 3.05) is 36.8 Å². The molecule has 158 valence electrons. The summed E-state index contributed by atoms with van der Waals surface area (Å²) in [5.74, 6) is 0. The Kier molecular flexibility index (Phi) is 4.51. The second-order valence-electron chi connectivity index (χ2n) is 8.20. The van der Waals surface area contributed by atoms with Crippen molar-refractivity contribution in [1.29, 1.82) is 0 Å². The smallest absolute Gasteiger partial charge is 0.162 e. The van der Waals surface area contributed by atoms with Crippen LogP contribution in [0.25, 0.3) is 38.7 Å². The van der Waals surface area contributed by atoms with Gasteiger partial charge in [0.25, 0.3) is 0 Å². The first-order valence-corrected chi connectivity index (χ1v) is 10.9. The zero-order valence-corrected chi connectivity index (χ0v) is 17.7. The molecule has 0 saturated carbocycles. The quantitative estimate of drug-likeness (QED) is 0.428. The minimum absolute atomic E-state index is 0.778. The Morgan fingerprint density at radius 2 is 1.56 bits per heavy atom. The highest BCUT2D eigenvalue weighted by atomic mass is 15.2. The summed E-state index contributed by atoms with van der Waals surface area (Å²) in [4.78, 5) is 7.20. The number of hydrogen-bond donors (Lipinski definition) is 2. The van der Waals surface area contributed by atoms with Crippen LogP contribution in [-0.4, -0.2) is 40.8 Å². The number of aromatic nitrogens is 3. The molecule has 6 heteroatoms. The Labute approximate surface area is 186 Å². The molecular formula is C26H24N6. The number of nitrogens with two attached hydrogens (primary N) is 1. The number of nitrogens with zero attached hydrogens (tertiary/aromatic N) is 4. The summed E-state index contributed by atoms with van der Waals surface area (Å²) >= 11 is 0. The number of nitrogen functional groups attached to an aromatic ring is 1. The van der Waals surface area contributed by atoms with Gasteiger partial charge in [0.15, 0.2) is 5.65 Å². The van der Waals surface area contributed by atoms with E-state index >= 15 is 0 Å². The summed E-state index contributed by atoms with van der Waals surface area (Å²) < 4.78 is 1.86. The topological polar surface area (TPSA) is 71.5 Å². The van der Waals surface area contributed by atoms with Gasteiger partial charge in [-0.1, -0.05) is 42.5 Å². The van der Waals surface area contributed by atoms with E-state index in [2.05, 4.69) is 57.8 Å². The zero-order chi connectivity index (χ0) is 21.5. The van der Waals surface area contributed by atoms with Crippen LogP contribution >= 0.6 is 0 Å². The van der Waals surface area contributed by atoms with Gasteiger partial charge in [-0.05, 0) is 34.7 Å². The van der Waals surface area contributed by atoms with E-state index in [0.717, 1.165) is 70.5 Å².